The van der Waals surface area contributed by atoms with Crippen LogP contribution >= 0.6 is 0 Å². The molecule has 3 nitrogen and oxygen atoms in total. The van der Waals surface area contributed by atoms with Gasteiger partial charge in [0.25, 0.3) is 0 Å². The Bertz CT molecular complexity index is 456. The maximum absolute atomic E-state index is 9.49. The molecule has 1 rings (SSSR count). The summed E-state index contributed by atoms with van der Waals surface area (Å²) < 4.78 is 0. The second kappa shape index (κ2) is 4.43. The van der Waals surface area contributed by atoms with E-state index in [0.717, 1.165) is 5.56 Å². The molecule has 1 aromatic heterocycles. The average molecular weight is 200 g/mol. The second-order valence-corrected chi connectivity index (χ2v) is 3.10. The number of allylic oxidation sites excluding steroid dienone is 1. The molecule has 0 atom stereocenters. The molecule has 3 heteroatoms. The number of rotatable bonds is 3. The molecule has 76 valence electrons. The molecule has 0 unspecified atom stereocenters. The quantitative estimate of drug-likeness (QED) is 0.762. The summed E-state index contributed by atoms with van der Waals surface area (Å²) in [5.74, 6) is -0.238. The number of hydrogen-bond donors (Lipinski definition) is 1. The smallest absolute Gasteiger partial charge is 0.230 e. The van der Waals surface area contributed by atoms with Gasteiger partial charge in [-0.2, -0.15) is 5.26 Å². The van der Waals surface area contributed by atoms with Crippen LogP contribution in [0.2, 0.25) is 0 Å². The molecule has 0 amide bonds. The Hall–Kier alpha value is -2.08. The maximum atomic E-state index is 9.49. The molecule has 1 N–H and O–H groups in total. The van der Waals surface area contributed by atoms with Crippen molar-refractivity contribution in [2.24, 2.45) is 0 Å². The van der Waals surface area contributed by atoms with E-state index in [4.69, 9.17) is 5.26 Å². The molecular formula is C12H12N2O. The largest absolute Gasteiger partial charge is 0.492 e. The maximum Gasteiger partial charge on any atom is 0.230 e. The highest BCUT2D eigenvalue weighted by Crippen LogP contribution is 2.25. The lowest BCUT2D eigenvalue weighted by Crippen LogP contribution is -1.99. The standard InChI is InChI=1S/C12H12N2O/c1-4-6-10-8(3)14-12(15)11(7-13)9(10)5-2/h4-5H,1-2,6H2,3H3,(H,14,15). The lowest BCUT2D eigenvalue weighted by atomic mass is 9.99. The Morgan fingerprint density at radius 3 is 2.67 bits per heavy atom. The molecule has 0 bridgehead atoms. The van der Waals surface area contributed by atoms with E-state index in [-0.39, 0.29) is 11.4 Å². The minimum absolute atomic E-state index is 0.174. The van der Waals surface area contributed by atoms with E-state index in [1.54, 1.807) is 19.1 Å². The first-order chi connectivity index (χ1) is 7.15. The first-order valence-corrected chi connectivity index (χ1v) is 4.51. The number of nitrogens with zero attached hydrogens (tertiary/aromatic N) is 2. The predicted octanol–water partition coefficient (Wildman–Crippen LogP) is 2.34. The van der Waals surface area contributed by atoms with Gasteiger partial charge in [0, 0.05) is 11.3 Å². The van der Waals surface area contributed by atoms with Crippen molar-refractivity contribution in [1.82, 2.24) is 4.98 Å². The summed E-state index contributed by atoms with van der Waals surface area (Å²) in [4.78, 5) is 3.91. The van der Waals surface area contributed by atoms with Crippen LogP contribution in [-0.2, 0) is 6.42 Å². The van der Waals surface area contributed by atoms with Crippen LogP contribution in [0.3, 0.4) is 0 Å². The number of nitriles is 1. The third kappa shape index (κ3) is 1.89. The number of aromatic nitrogens is 1. The Morgan fingerprint density at radius 2 is 2.20 bits per heavy atom. The van der Waals surface area contributed by atoms with Gasteiger partial charge in [-0.3, -0.25) is 0 Å². The van der Waals surface area contributed by atoms with Crippen molar-refractivity contribution in [3.05, 3.63) is 41.6 Å². The fourth-order valence-corrected chi connectivity index (χ4v) is 1.49. The van der Waals surface area contributed by atoms with Crippen LogP contribution in [0.15, 0.2) is 19.2 Å². The Morgan fingerprint density at radius 1 is 1.53 bits per heavy atom. The zero-order chi connectivity index (χ0) is 11.4. The molecule has 0 aliphatic carbocycles. The summed E-state index contributed by atoms with van der Waals surface area (Å²) in [6.45, 7) is 9.07. The van der Waals surface area contributed by atoms with Gasteiger partial charge in [-0.15, -0.1) is 6.58 Å². The van der Waals surface area contributed by atoms with Gasteiger partial charge >= 0.3 is 0 Å². The van der Waals surface area contributed by atoms with E-state index >= 15 is 0 Å². The van der Waals surface area contributed by atoms with Gasteiger partial charge in [0.05, 0.1) is 0 Å². The Labute approximate surface area is 89.0 Å². The van der Waals surface area contributed by atoms with Crippen LogP contribution in [0.25, 0.3) is 6.08 Å². The van der Waals surface area contributed by atoms with Crippen LogP contribution < -0.4 is 0 Å². The highest BCUT2D eigenvalue weighted by molar-refractivity contribution is 5.64. The third-order valence-electron chi connectivity index (χ3n) is 2.19. The minimum atomic E-state index is -0.238. The first kappa shape index (κ1) is 11.0. The Kier molecular flexibility index (Phi) is 3.25. The minimum Gasteiger partial charge on any atom is -0.492 e. The second-order valence-electron chi connectivity index (χ2n) is 3.10. The van der Waals surface area contributed by atoms with Crippen LogP contribution in [-0.4, -0.2) is 10.1 Å². The highest BCUT2D eigenvalue weighted by atomic mass is 16.3. The normalized spacial score (nSPS) is 9.33. The van der Waals surface area contributed by atoms with E-state index in [1.165, 1.54) is 0 Å². The topological polar surface area (TPSA) is 56.9 Å². The van der Waals surface area contributed by atoms with Crippen LogP contribution in [0, 0.1) is 18.3 Å². The van der Waals surface area contributed by atoms with Crippen molar-refractivity contribution < 1.29 is 5.11 Å². The van der Waals surface area contributed by atoms with Crippen molar-refractivity contribution in [2.45, 2.75) is 13.3 Å². The molecule has 1 heterocycles. The fourth-order valence-electron chi connectivity index (χ4n) is 1.49. The van der Waals surface area contributed by atoms with E-state index in [1.807, 2.05) is 6.07 Å². The number of aromatic hydroxyl groups is 1. The zero-order valence-electron chi connectivity index (χ0n) is 8.62. The van der Waals surface area contributed by atoms with E-state index in [9.17, 15) is 5.11 Å². The summed E-state index contributed by atoms with van der Waals surface area (Å²) in [5, 5.41) is 18.4. The lowest BCUT2D eigenvalue weighted by molar-refractivity contribution is 0.449. The molecule has 0 fully saturated rings. The average Bonchev–Trinajstić information content (AvgIpc) is 2.21. The Balaban J connectivity index is 3.57. The molecule has 1 aromatic rings. The van der Waals surface area contributed by atoms with E-state index < -0.39 is 0 Å². The summed E-state index contributed by atoms with van der Waals surface area (Å²) in [6.07, 6.45) is 3.90. The van der Waals surface area contributed by atoms with Gasteiger partial charge in [0.2, 0.25) is 5.88 Å². The number of pyridine rings is 1. The van der Waals surface area contributed by atoms with Crippen LogP contribution in [0.5, 0.6) is 5.88 Å². The van der Waals surface area contributed by atoms with Crippen molar-refractivity contribution in [3.63, 3.8) is 0 Å². The monoisotopic (exact) mass is 200 g/mol. The van der Waals surface area contributed by atoms with Crippen molar-refractivity contribution in [3.8, 4) is 11.9 Å². The molecular weight excluding hydrogens is 188 g/mol. The molecule has 0 aromatic carbocycles. The van der Waals surface area contributed by atoms with Gasteiger partial charge in [0.15, 0.2) is 0 Å². The molecule has 0 radical (unpaired) electrons. The summed E-state index contributed by atoms with van der Waals surface area (Å²) >= 11 is 0. The first-order valence-electron chi connectivity index (χ1n) is 4.51. The fraction of sp³-hybridized carbons (Fsp3) is 0.167. The van der Waals surface area contributed by atoms with Gasteiger partial charge in [0.1, 0.15) is 11.6 Å². The highest BCUT2D eigenvalue weighted by Gasteiger charge is 2.13. The SMILES string of the molecule is C=CCc1c(C)nc(O)c(C#N)c1C=C. The van der Waals surface area contributed by atoms with Gasteiger partial charge in [-0.1, -0.05) is 18.7 Å². The summed E-state index contributed by atoms with van der Waals surface area (Å²) in [6, 6.07) is 1.92. The molecule has 0 saturated carbocycles. The third-order valence-corrected chi connectivity index (χ3v) is 2.19. The molecule has 0 spiro atoms. The molecule has 0 aliphatic rings. The van der Waals surface area contributed by atoms with Crippen molar-refractivity contribution in [1.29, 1.82) is 5.26 Å². The summed E-state index contributed by atoms with van der Waals surface area (Å²) in [5.41, 5.74) is 2.39. The molecule has 0 saturated heterocycles. The van der Waals surface area contributed by atoms with Crippen molar-refractivity contribution >= 4 is 6.08 Å². The zero-order valence-corrected chi connectivity index (χ0v) is 8.62. The van der Waals surface area contributed by atoms with E-state index in [2.05, 4.69) is 18.1 Å². The van der Waals surface area contributed by atoms with Crippen LogP contribution in [0.1, 0.15) is 22.4 Å². The van der Waals surface area contributed by atoms with E-state index in [0.29, 0.717) is 17.7 Å². The predicted molar refractivity (Wildman–Crippen MR) is 59.3 cm³/mol. The summed E-state index contributed by atoms with van der Waals surface area (Å²) in [7, 11) is 0. The number of hydrogen-bond acceptors (Lipinski definition) is 3. The molecule has 15 heavy (non-hydrogen) atoms. The van der Waals surface area contributed by atoms with Gasteiger partial charge in [-0.05, 0) is 18.9 Å². The number of aryl methyl sites for hydroxylation is 1. The van der Waals surface area contributed by atoms with Gasteiger partial charge < -0.3 is 5.11 Å². The van der Waals surface area contributed by atoms with Crippen LogP contribution in [0.4, 0.5) is 0 Å². The molecule has 0 aliphatic heterocycles. The van der Waals surface area contributed by atoms with Gasteiger partial charge in [-0.25, -0.2) is 4.98 Å². The van der Waals surface area contributed by atoms with Crippen molar-refractivity contribution in [2.75, 3.05) is 0 Å². The lowest BCUT2D eigenvalue weighted by Gasteiger charge is -2.09.